The second-order valence-electron chi connectivity index (χ2n) is 3.89. The zero-order valence-electron chi connectivity index (χ0n) is 10.0. The third kappa shape index (κ3) is 4.60. The quantitative estimate of drug-likeness (QED) is 0.626. The number of nitrogens with two attached hydrogens (primary N) is 1. The number of ether oxygens (including phenoxy) is 2. The van der Waals surface area contributed by atoms with Crippen LogP contribution < -0.4 is 5.73 Å². The Labute approximate surface area is 92.9 Å². The first-order chi connectivity index (χ1) is 6.96. The minimum absolute atomic E-state index is 0.0877. The molecule has 2 N–H and O–H groups in total. The van der Waals surface area contributed by atoms with Crippen LogP contribution in [0.25, 0.3) is 0 Å². The van der Waals surface area contributed by atoms with Crippen LogP contribution in [0.5, 0.6) is 0 Å². The molecule has 0 rings (SSSR count). The first-order valence-electron chi connectivity index (χ1n) is 5.20. The van der Waals surface area contributed by atoms with Crippen LogP contribution in [0.3, 0.4) is 0 Å². The highest BCUT2D eigenvalue weighted by molar-refractivity contribution is 4.92. The van der Waals surface area contributed by atoms with E-state index in [0.29, 0.717) is 13.2 Å². The molecule has 0 aromatic carbocycles. The third-order valence-corrected chi connectivity index (χ3v) is 2.68. The molecule has 15 heavy (non-hydrogen) atoms. The topological polar surface area (TPSA) is 44.5 Å². The Morgan fingerprint density at radius 2 is 1.47 bits per heavy atom. The van der Waals surface area contributed by atoms with Gasteiger partial charge in [0.1, 0.15) is 0 Å². The Kier molecular flexibility index (Phi) is 6.48. The van der Waals surface area contributed by atoms with Crippen molar-refractivity contribution in [3.63, 3.8) is 0 Å². The summed E-state index contributed by atoms with van der Waals surface area (Å²) in [6, 6.07) is 0. The molecule has 0 radical (unpaired) electrons. The van der Waals surface area contributed by atoms with E-state index in [1.807, 2.05) is 20.8 Å². The van der Waals surface area contributed by atoms with E-state index in [-0.39, 0.29) is 12.2 Å². The Hall–Kier alpha value is -0.640. The lowest BCUT2D eigenvalue weighted by molar-refractivity contribution is -0.0465. The van der Waals surface area contributed by atoms with Gasteiger partial charge in [-0.2, -0.15) is 0 Å². The summed E-state index contributed by atoms with van der Waals surface area (Å²) in [5, 5.41) is 0. The number of hydrogen-bond donors (Lipinski definition) is 1. The van der Waals surface area contributed by atoms with Gasteiger partial charge in [0.25, 0.3) is 0 Å². The molecule has 0 aliphatic carbocycles. The van der Waals surface area contributed by atoms with Gasteiger partial charge in [0.05, 0.1) is 31.0 Å². The van der Waals surface area contributed by atoms with Gasteiger partial charge in [-0.05, 0) is 20.8 Å². The van der Waals surface area contributed by atoms with E-state index in [1.54, 1.807) is 12.2 Å². The minimum atomic E-state index is -0.522. The van der Waals surface area contributed by atoms with Crippen molar-refractivity contribution in [1.82, 2.24) is 0 Å². The summed E-state index contributed by atoms with van der Waals surface area (Å²) in [6.45, 7) is 14.0. The maximum absolute atomic E-state index is 6.17. The molecule has 2 unspecified atom stereocenters. The van der Waals surface area contributed by atoms with Crippen molar-refractivity contribution >= 4 is 0 Å². The summed E-state index contributed by atoms with van der Waals surface area (Å²) in [4.78, 5) is 0. The highest BCUT2D eigenvalue weighted by Crippen LogP contribution is 2.17. The van der Waals surface area contributed by atoms with Crippen molar-refractivity contribution < 1.29 is 9.47 Å². The molecule has 0 aliphatic rings. The average molecular weight is 213 g/mol. The molecule has 0 aromatic heterocycles. The molecular formula is C12H23NO2. The molecule has 0 aromatic rings. The van der Waals surface area contributed by atoms with Gasteiger partial charge < -0.3 is 15.2 Å². The molecule has 3 heteroatoms. The van der Waals surface area contributed by atoms with Crippen molar-refractivity contribution in [3.8, 4) is 0 Å². The van der Waals surface area contributed by atoms with Crippen LogP contribution in [-0.2, 0) is 9.47 Å². The van der Waals surface area contributed by atoms with Gasteiger partial charge in [-0.15, -0.1) is 13.2 Å². The molecule has 0 saturated heterocycles. The van der Waals surface area contributed by atoms with Crippen LogP contribution in [-0.4, -0.2) is 31.0 Å². The van der Waals surface area contributed by atoms with Gasteiger partial charge in [-0.3, -0.25) is 0 Å². The number of rotatable bonds is 8. The van der Waals surface area contributed by atoms with Gasteiger partial charge in [0.15, 0.2) is 0 Å². The minimum Gasteiger partial charge on any atom is -0.372 e. The summed E-state index contributed by atoms with van der Waals surface area (Å²) in [6.07, 6.45) is 3.24. The van der Waals surface area contributed by atoms with Crippen molar-refractivity contribution in [3.05, 3.63) is 25.3 Å². The van der Waals surface area contributed by atoms with E-state index in [1.165, 1.54) is 0 Å². The fourth-order valence-electron chi connectivity index (χ4n) is 1.11. The van der Waals surface area contributed by atoms with Gasteiger partial charge in [0.2, 0.25) is 0 Å². The Bertz CT molecular complexity index is 182. The van der Waals surface area contributed by atoms with E-state index >= 15 is 0 Å². The smallest absolute Gasteiger partial charge is 0.0753 e. The Morgan fingerprint density at radius 1 is 1.13 bits per heavy atom. The van der Waals surface area contributed by atoms with Gasteiger partial charge in [-0.25, -0.2) is 0 Å². The van der Waals surface area contributed by atoms with Crippen LogP contribution in [0.4, 0.5) is 0 Å². The fourth-order valence-corrected chi connectivity index (χ4v) is 1.11. The molecule has 0 spiro atoms. The van der Waals surface area contributed by atoms with Gasteiger partial charge in [-0.1, -0.05) is 12.2 Å². The molecule has 0 fully saturated rings. The van der Waals surface area contributed by atoms with Gasteiger partial charge in [0, 0.05) is 0 Å². The predicted octanol–water partition coefficient (Wildman–Crippen LogP) is 1.89. The molecule has 88 valence electrons. The van der Waals surface area contributed by atoms with Gasteiger partial charge >= 0.3 is 0 Å². The van der Waals surface area contributed by atoms with Crippen LogP contribution in [0, 0.1) is 0 Å². The lowest BCUT2D eigenvalue weighted by atomic mass is 9.91. The first-order valence-corrected chi connectivity index (χ1v) is 5.20. The van der Waals surface area contributed by atoms with E-state index < -0.39 is 5.54 Å². The second-order valence-corrected chi connectivity index (χ2v) is 3.89. The molecule has 0 bridgehead atoms. The largest absolute Gasteiger partial charge is 0.372 e. The standard InChI is InChI=1S/C12H23NO2/c1-6-8-14-10(3)12(5,13)11(4)15-9-7-2/h6-7,10-11H,1-2,8-9,13H2,3-5H3. The molecule has 0 amide bonds. The SMILES string of the molecule is C=CCOC(C)C(C)(N)C(C)OCC=C. The van der Waals surface area contributed by atoms with E-state index in [4.69, 9.17) is 15.2 Å². The molecule has 3 nitrogen and oxygen atoms in total. The molecular weight excluding hydrogens is 190 g/mol. The van der Waals surface area contributed by atoms with Crippen molar-refractivity contribution in [1.29, 1.82) is 0 Å². The van der Waals surface area contributed by atoms with Crippen molar-refractivity contribution in [2.75, 3.05) is 13.2 Å². The summed E-state index contributed by atoms with van der Waals surface area (Å²) in [7, 11) is 0. The molecule has 0 heterocycles. The molecule has 0 aliphatic heterocycles. The number of hydrogen-bond acceptors (Lipinski definition) is 3. The Balaban J connectivity index is 4.22. The first kappa shape index (κ1) is 14.4. The monoisotopic (exact) mass is 213 g/mol. The lowest BCUT2D eigenvalue weighted by Gasteiger charge is -2.36. The fraction of sp³-hybridized carbons (Fsp3) is 0.667. The highest BCUT2D eigenvalue weighted by atomic mass is 16.5. The highest BCUT2D eigenvalue weighted by Gasteiger charge is 2.33. The summed E-state index contributed by atoms with van der Waals surface area (Å²) < 4.78 is 11.0. The van der Waals surface area contributed by atoms with Crippen LogP contribution in [0.15, 0.2) is 25.3 Å². The van der Waals surface area contributed by atoms with Crippen molar-refractivity contribution in [2.45, 2.75) is 38.5 Å². The van der Waals surface area contributed by atoms with Crippen molar-refractivity contribution in [2.24, 2.45) is 5.73 Å². The van der Waals surface area contributed by atoms with Crippen LogP contribution in [0.2, 0.25) is 0 Å². The normalized spacial score (nSPS) is 18.9. The van der Waals surface area contributed by atoms with Crippen LogP contribution in [0.1, 0.15) is 20.8 Å². The molecule has 2 atom stereocenters. The lowest BCUT2D eigenvalue weighted by Crippen LogP contribution is -2.56. The zero-order valence-corrected chi connectivity index (χ0v) is 10.0. The summed E-state index contributed by atoms with van der Waals surface area (Å²) in [5.41, 5.74) is 5.64. The van der Waals surface area contributed by atoms with Crippen LogP contribution >= 0.6 is 0 Å². The van der Waals surface area contributed by atoms with E-state index in [9.17, 15) is 0 Å². The summed E-state index contributed by atoms with van der Waals surface area (Å²) >= 11 is 0. The van der Waals surface area contributed by atoms with E-state index in [0.717, 1.165) is 0 Å². The second kappa shape index (κ2) is 6.77. The maximum Gasteiger partial charge on any atom is 0.0753 e. The predicted molar refractivity (Wildman–Crippen MR) is 63.8 cm³/mol. The molecule has 0 saturated carbocycles. The zero-order chi connectivity index (χ0) is 11.9. The average Bonchev–Trinajstić information content (AvgIpc) is 2.21. The maximum atomic E-state index is 6.17. The summed E-state index contributed by atoms with van der Waals surface area (Å²) in [5.74, 6) is 0. The Morgan fingerprint density at radius 3 is 1.73 bits per heavy atom. The van der Waals surface area contributed by atoms with E-state index in [2.05, 4.69) is 13.2 Å². The third-order valence-electron chi connectivity index (χ3n) is 2.68.